The number of aromatic nitrogens is 2. The highest BCUT2D eigenvalue weighted by molar-refractivity contribution is 7.99. The molecule has 1 amide bonds. The van der Waals surface area contributed by atoms with Crippen LogP contribution in [-0.4, -0.2) is 47.8 Å². The van der Waals surface area contributed by atoms with Gasteiger partial charge in [-0.15, -0.1) is 10.2 Å². The molecular weight excluding hydrogens is 374 g/mol. The first-order valence-corrected chi connectivity index (χ1v) is 10.3. The lowest BCUT2D eigenvalue weighted by Gasteiger charge is -2.09. The average molecular weight is 388 g/mol. The first-order valence-electron chi connectivity index (χ1n) is 7.13. The highest BCUT2D eigenvalue weighted by Gasteiger charge is 2.28. The second-order valence-corrected chi connectivity index (χ2v) is 8.93. The maximum Gasteiger partial charge on any atom is 0.277 e. The summed E-state index contributed by atoms with van der Waals surface area (Å²) in [6.07, 6.45) is 0.458. The van der Waals surface area contributed by atoms with Crippen LogP contribution in [0, 0.1) is 0 Å². The van der Waals surface area contributed by atoms with Gasteiger partial charge in [0.25, 0.3) is 5.22 Å². The van der Waals surface area contributed by atoms with Crippen molar-refractivity contribution in [3.05, 3.63) is 29.3 Å². The van der Waals surface area contributed by atoms with E-state index in [1.54, 1.807) is 24.3 Å². The zero-order valence-electron chi connectivity index (χ0n) is 12.4. The smallest absolute Gasteiger partial charge is 0.277 e. The minimum atomic E-state index is -3.01. The van der Waals surface area contributed by atoms with Gasteiger partial charge in [-0.05, 0) is 30.7 Å². The zero-order chi connectivity index (χ0) is 17.2. The van der Waals surface area contributed by atoms with E-state index in [2.05, 4.69) is 15.5 Å². The molecule has 2 aromatic rings. The first kappa shape index (κ1) is 17.2. The van der Waals surface area contributed by atoms with Gasteiger partial charge in [0.15, 0.2) is 9.84 Å². The number of carbonyl (C=O) groups is 1. The van der Waals surface area contributed by atoms with E-state index in [1.807, 2.05) is 0 Å². The number of amides is 1. The van der Waals surface area contributed by atoms with Crippen molar-refractivity contribution >= 4 is 39.1 Å². The van der Waals surface area contributed by atoms with Crippen LogP contribution in [0.3, 0.4) is 0 Å². The summed E-state index contributed by atoms with van der Waals surface area (Å²) >= 11 is 6.93. The predicted molar refractivity (Wildman–Crippen MR) is 90.7 cm³/mol. The van der Waals surface area contributed by atoms with Crippen LogP contribution >= 0.6 is 23.4 Å². The molecule has 1 aromatic heterocycles. The Labute approximate surface area is 148 Å². The molecule has 3 rings (SSSR count). The molecule has 0 radical (unpaired) electrons. The molecule has 1 aliphatic rings. The molecule has 0 aliphatic carbocycles. The third-order valence-corrected chi connectivity index (χ3v) is 6.26. The molecule has 24 heavy (non-hydrogen) atoms. The Morgan fingerprint density at radius 1 is 1.33 bits per heavy atom. The summed E-state index contributed by atoms with van der Waals surface area (Å²) < 4.78 is 28.2. The monoisotopic (exact) mass is 387 g/mol. The lowest BCUT2D eigenvalue weighted by Crippen LogP contribution is -2.36. The van der Waals surface area contributed by atoms with Gasteiger partial charge in [-0.3, -0.25) is 4.79 Å². The van der Waals surface area contributed by atoms with Gasteiger partial charge in [-0.1, -0.05) is 23.4 Å². The fourth-order valence-corrected chi connectivity index (χ4v) is 4.66. The number of hydrogen-bond acceptors (Lipinski definition) is 7. The number of thioether (sulfide) groups is 1. The van der Waals surface area contributed by atoms with Crippen molar-refractivity contribution in [2.45, 2.75) is 17.7 Å². The van der Waals surface area contributed by atoms with Crippen molar-refractivity contribution in [2.75, 3.05) is 17.3 Å². The summed E-state index contributed by atoms with van der Waals surface area (Å²) in [6.45, 7) is 0. The molecule has 1 atom stereocenters. The molecule has 7 nitrogen and oxygen atoms in total. The quantitative estimate of drug-likeness (QED) is 0.780. The zero-order valence-corrected chi connectivity index (χ0v) is 14.8. The topological polar surface area (TPSA) is 102 Å². The summed E-state index contributed by atoms with van der Waals surface area (Å²) in [4.78, 5) is 11.9. The van der Waals surface area contributed by atoms with E-state index in [0.717, 1.165) is 17.3 Å². The maximum atomic E-state index is 11.9. The molecular formula is C14H14ClN3O4S2. The molecule has 1 saturated heterocycles. The lowest BCUT2D eigenvalue weighted by molar-refractivity contribution is -0.119. The third-order valence-electron chi connectivity index (χ3n) is 3.42. The van der Waals surface area contributed by atoms with Gasteiger partial charge in [0, 0.05) is 16.6 Å². The number of hydrogen-bond donors (Lipinski definition) is 1. The SMILES string of the molecule is O=C(CSc1nnc(-c2ccc(Cl)cc2)o1)N[C@@H]1CCS(=O)(=O)C1. The van der Waals surface area contributed by atoms with Crippen LogP contribution in [-0.2, 0) is 14.6 Å². The Morgan fingerprint density at radius 2 is 2.08 bits per heavy atom. The van der Waals surface area contributed by atoms with Gasteiger partial charge in [0.2, 0.25) is 11.8 Å². The van der Waals surface area contributed by atoms with Crippen molar-refractivity contribution < 1.29 is 17.6 Å². The number of benzene rings is 1. The Hall–Kier alpha value is -1.58. The van der Waals surface area contributed by atoms with Gasteiger partial charge in [-0.2, -0.15) is 0 Å². The predicted octanol–water partition coefficient (Wildman–Crippen LogP) is 1.79. The minimum Gasteiger partial charge on any atom is -0.411 e. The van der Waals surface area contributed by atoms with Gasteiger partial charge in [0.05, 0.1) is 17.3 Å². The van der Waals surface area contributed by atoms with E-state index in [1.165, 1.54) is 0 Å². The van der Waals surface area contributed by atoms with Crippen molar-refractivity contribution in [2.24, 2.45) is 0 Å². The number of carbonyl (C=O) groups excluding carboxylic acids is 1. The molecule has 0 saturated carbocycles. The van der Waals surface area contributed by atoms with Crippen LogP contribution in [0.15, 0.2) is 33.9 Å². The van der Waals surface area contributed by atoms with Crippen LogP contribution in [0.25, 0.3) is 11.5 Å². The third kappa shape index (κ3) is 4.49. The van der Waals surface area contributed by atoms with Crippen molar-refractivity contribution in [3.8, 4) is 11.5 Å². The highest BCUT2D eigenvalue weighted by atomic mass is 35.5. The molecule has 128 valence electrons. The Morgan fingerprint density at radius 3 is 2.75 bits per heavy atom. The Bertz CT molecular complexity index is 836. The largest absolute Gasteiger partial charge is 0.411 e. The number of sulfone groups is 1. The summed E-state index contributed by atoms with van der Waals surface area (Å²) in [5.41, 5.74) is 0.736. The van der Waals surface area contributed by atoms with Crippen LogP contribution < -0.4 is 5.32 Å². The lowest BCUT2D eigenvalue weighted by atomic mass is 10.2. The molecule has 0 spiro atoms. The molecule has 2 heterocycles. The number of nitrogens with one attached hydrogen (secondary N) is 1. The van der Waals surface area contributed by atoms with E-state index < -0.39 is 9.84 Å². The van der Waals surface area contributed by atoms with Gasteiger partial charge < -0.3 is 9.73 Å². The highest BCUT2D eigenvalue weighted by Crippen LogP contribution is 2.24. The van der Waals surface area contributed by atoms with Crippen molar-refractivity contribution in [3.63, 3.8) is 0 Å². The summed E-state index contributed by atoms with van der Waals surface area (Å²) in [5.74, 6) is 0.299. The normalized spacial score (nSPS) is 19.3. The number of rotatable bonds is 5. The number of nitrogens with zero attached hydrogens (tertiary/aromatic N) is 2. The summed E-state index contributed by atoms with van der Waals surface area (Å²) in [6, 6.07) is 6.65. The van der Waals surface area contributed by atoms with Gasteiger partial charge >= 0.3 is 0 Å². The molecule has 0 bridgehead atoms. The average Bonchev–Trinajstić information content (AvgIpc) is 3.12. The second-order valence-electron chi connectivity index (χ2n) is 5.34. The van der Waals surface area contributed by atoms with Crippen LogP contribution in [0.2, 0.25) is 5.02 Å². The van der Waals surface area contributed by atoms with Crippen LogP contribution in [0.4, 0.5) is 0 Å². The first-order chi connectivity index (χ1) is 11.4. The van der Waals surface area contributed by atoms with Gasteiger partial charge in [-0.25, -0.2) is 8.42 Å². The van der Waals surface area contributed by atoms with Crippen LogP contribution in [0.5, 0.6) is 0 Å². The van der Waals surface area contributed by atoms with E-state index in [9.17, 15) is 13.2 Å². The second kappa shape index (κ2) is 7.12. The molecule has 1 fully saturated rings. The fourth-order valence-electron chi connectivity index (χ4n) is 2.28. The van der Waals surface area contributed by atoms with E-state index in [0.29, 0.717) is 17.3 Å². The Kier molecular flexibility index (Phi) is 5.12. The molecule has 10 heteroatoms. The van der Waals surface area contributed by atoms with Gasteiger partial charge in [0.1, 0.15) is 0 Å². The summed E-state index contributed by atoms with van der Waals surface area (Å²) in [5, 5.41) is 11.4. The maximum absolute atomic E-state index is 11.9. The van der Waals surface area contributed by atoms with E-state index in [4.69, 9.17) is 16.0 Å². The Balaban J connectivity index is 1.52. The molecule has 0 unspecified atom stereocenters. The fraction of sp³-hybridized carbons (Fsp3) is 0.357. The molecule has 1 aromatic carbocycles. The minimum absolute atomic E-state index is 0.00464. The molecule has 1 aliphatic heterocycles. The molecule has 1 N–H and O–H groups in total. The standard InChI is InChI=1S/C14H14ClN3O4S2/c15-10-3-1-9(2-4-10)13-17-18-14(22-13)23-7-12(19)16-11-5-6-24(20,21)8-11/h1-4,11H,5-8H2,(H,16,19)/t11-/m1/s1. The van der Waals surface area contributed by atoms with Crippen molar-refractivity contribution in [1.82, 2.24) is 15.5 Å². The summed E-state index contributed by atoms with van der Waals surface area (Å²) in [7, 11) is -3.01. The van der Waals surface area contributed by atoms with Crippen molar-refractivity contribution in [1.29, 1.82) is 0 Å². The van der Waals surface area contributed by atoms with E-state index in [-0.39, 0.29) is 34.4 Å². The number of halogens is 1. The van der Waals surface area contributed by atoms with E-state index >= 15 is 0 Å². The van der Waals surface area contributed by atoms with Crippen LogP contribution in [0.1, 0.15) is 6.42 Å².